The number of rotatable bonds is 8. The zero-order valence-corrected chi connectivity index (χ0v) is 13.2. The molecule has 0 aliphatic heterocycles. The fourth-order valence-corrected chi connectivity index (χ4v) is 2.31. The van der Waals surface area contributed by atoms with E-state index in [9.17, 15) is 4.79 Å². The van der Waals surface area contributed by atoms with Crippen molar-refractivity contribution in [1.29, 1.82) is 0 Å². The van der Waals surface area contributed by atoms with Gasteiger partial charge < -0.3 is 10.6 Å². The lowest BCUT2D eigenvalue weighted by Crippen LogP contribution is -2.41. The van der Waals surface area contributed by atoms with E-state index in [2.05, 4.69) is 41.4 Å². The summed E-state index contributed by atoms with van der Waals surface area (Å²) in [4.78, 5) is 18.8. The van der Waals surface area contributed by atoms with Crippen LogP contribution in [0.1, 0.15) is 43.5 Å². The molecule has 0 saturated heterocycles. The van der Waals surface area contributed by atoms with Crippen LogP contribution in [0.2, 0.25) is 0 Å². The summed E-state index contributed by atoms with van der Waals surface area (Å²) in [7, 11) is 2.13. The Labute approximate surface area is 127 Å². The van der Waals surface area contributed by atoms with E-state index in [0.717, 1.165) is 18.7 Å². The van der Waals surface area contributed by atoms with Crippen LogP contribution in [0.5, 0.6) is 0 Å². The molecule has 1 heterocycles. The fraction of sp³-hybridized carbons (Fsp3) is 0.625. The minimum atomic E-state index is -0.0351. The maximum absolute atomic E-state index is 12.3. The van der Waals surface area contributed by atoms with Gasteiger partial charge in [-0.2, -0.15) is 0 Å². The predicted octanol–water partition coefficient (Wildman–Crippen LogP) is 2.12. The lowest BCUT2D eigenvalue weighted by molar-refractivity contribution is 0.0940. The maximum atomic E-state index is 12.3. The zero-order chi connectivity index (χ0) is 15.2. The number of anilines is 1. The molecule has 2 rings (SSSR count). The number of nitrogens with zero attached hydrogens (tertiary/aromatic N) is 2. The molecule has 0 radical (unpaired) electrons. The summed E-state index contributed by atoms with van der Waals surface area (Å²) in [5.74, 6) is -0.0351. The first-order valence-electron chi connectivity index (χ1n) is 7.81. The molecule has 0 bridgehead atoms. The van der Waals surface area contributed by atoms with Crippen LogP contribution in [0, 0.1) is 0 Å². The van der Waals surface area contributed by atoms with E-state index in [1.807, 2.05) is 0 Å². The smallest absolute Gasteiger partial charge is 0.253 e. The van der Waals surface area contributed by atoms with Gasteiger partial charge in [0.15, 0.2) is 0 Å². The Morgan fingerprint density at radius 2 is 2.29 bits per heavy atom. The third-order valence-electron chi connectivity index (χ3n) is 4.01. The van der Waals surface area contributed by atoms with E-state index >= 15 is 0 Å². The largest absolute Gasteiger partial charge is 0.383 e. The number of aromatic nitrogens is 1. The van der Waals surface area contributed by atoms with Gasteiger partial charge in [-0.05, 0) is 39.3 Å². The lowest BCUT2D eigenvalue weighted by Gasteiger charge is -2.24. The number of pyridine rings is 1. The van der Waals surface area contributed by atoms with Gasteiger partial charge in [0, 0.05) is 31.4 Å². The van der Waals surface area contributed by atoms with Crippen LogP contribution >= 0.6 is 0 Å². The average molecular weight is 290 g/mol. The number of amides is 1. The standard InChI is InChI=1S/C16H26N4O/c1-4-8-18-15-11-17-9-7-14(15)16(21)19-10-12(2)20(3)13-5-6-13/h7,9,11-13,18H,4-6,8,10H2,1-3H3,(H,19,21). The van der Waals surface area contributed by atoms with Crippen LogP contribution in [0.25, 0.3) is 0 Å². The minimum Gasteiger partial charge on any atom is -0.383 e. The SMILES string of the molecule is CCCNc1cnccc1C(=O)NCC(C)N(C)C1CC1. The molecule has 1 saturated carbocycles. The topological polar surface area (TPSA) is 57.3 Å². The first-order valence-corrected chi connectivity index (χ1v) is 7.81. The summed E-state index contributed by atoms with van der Waals surface area (Å²) in [5.41, 5.74) is 1.47. The van der Waals surface area contributed by atoms with Crippen molar-refractivity contribution in [1.82, 2.24) is 15.2 Å². The second kappa shape index (κ2) is 7.41. The van der Waals surface area contributed by atoms with Gasteiger partial charge in [0.1, 0.15) is 0 Å². The summed E-state index contributed by atoms with van der Waals surface area (Å²) in [6.45, 7) is 5.76. The number of carbonyl (C=O) groups excluding carboxylic acids is 1. The normalized spacial score (nSPS) is 15.8. The van der Waals surface area contributed by atoms with Gasteiger partial charge in [0.05, 0.1) is 17.4 Å². The molecule has 1 atom stereocenters. The Kier molecular flexibility index (Phi) is 5.56. The molecule has 1 fully saturated rings. The average Bonchev–Trinajstić information content (AvgIpc) is 3.34. The minimum absolute atomic E-state index is 0.0351. The summed E-state index contributed by atoms with van der Waals surface area (Å²) >= 11 is 0. The second-order valence-electron chi connectivity index (χ2n) is 5.80. The molecule has 116 valence electrons. The Balaban J connectivity index is 1.90. The third kappa shape index (κ3) is 4.43. The van der Waals surface area contributed by atoms with Crippen LogP contribution < -0.4 is 10.6 Å². The number of likely N-dealkylation sites (N-methyl/N-ethyl adjacent to an activating group) is 1. The number of nitrogens with one attached hydrogen (secondary N) is 2. The van der Waals surface area contributed by atoms with Crippen molar-refractivity contribution in [3.8, 4) is 0 Å². The van der Waals surface area contributed by atoms with Crippen LogP contribution in [-0.4, -0.2) is 48.0 Å². The molecule has 1 aromatic heterocycles. The number of hydrogen-bond acceptors (Lipinski definition) is 4. The summed E-state index contributed by atoms with van der Waals surface area (Å²) in [6, 6.07) is 2.83. The van der Waals surface area contributed by atoms with Crippen molar-refractivity contribution in [2.45, 2.75) is 45.2 Å². The highest BCUT2D eigenvalue weighted by molar-refractivity contribution is 5.99. The van der Waals surface area contributed by atoms with Crippen molar-refractivity contribution >= 4 is 11.6 Å². The van der Waals surface area contributed by atoms with Gasteiger partial charge >= 0.3 is 0 Å². The van der Waals surface area contributed by atoms with Crippen LogP contribution in [0.3, 0.4) is 0 Å². The van der Waals surface area contributed by atoms with E-state index in [-0.39, 0.29) is 5.91 Å². The number of hydrogen-bond donors (Lipinski definition) is 2. The molecule has 1 unspecified atom stereocenters. The van der Waals surface area contributed by atoms with E-state index in [4.69, 9.17) is 0 Å². The molecule has 1 aliphatic rings. The quantitative estimate of drug-likeness (QED) is 0.770. The predicted molar refractivity (Wildman–Crippen MR) is 85.6 cm³/mol. The van der Waals surface area contributed by atoms with Crippen molar-refractivity contribution in [3.05, 3.63) is 24.0 Å². The Morgan fingerprint density at radius 3 is 2.95 bits per heavy atom. The number of carbonyl (C=O) groups is 1. The van der Waals surface area contributed by atoms with Crippen molar-refractivity contribution in [3.63, 3.8) is 0 Å². The Hall–Kier alpha value is -1.62. The highest BCUT2D eigenvalue weighted by Crippen LogP contribution is 2.26. The molecular weight excluding hydrogens is 264 g/mol. The van der Waals surface area contributed by atoms with E-state index < -0.39 is 0 Å². The van der Waals surface area contributed by atoms with Crippen LogP contribution in [-0.2, 0) is 0 Å². The Bertz CT molecular complexity index is 473. The van der Waals surface area contributed by atoms with Crippen LogP contribution in [0.4, 0.5) is 5.69 Å². The monoisotopic (exact) mass is 290 g/mol. The molecule has 1 amide bonds. The molecular formula is C16H26N4O. The van der Waals surface area contributed by atoms with Gasteiger partial charge in [0.25, 0.3) is 5.91 Å². The van der Waals surface area contributed by atoms with E-state index in [1.54, 1.807) is 18.5 Å². The van der Waals surface area contributed by atoms with Crippen LogP contribution in [0.15, 0.2) is 18.5 Å². The summed E-state index contributed by atoms with van der Waals surface area (Å²) < 4.78 is 0. The summed E-state index contributed by atoms with van der Waals surface area (Å²) in [5, 5.41) is 6.28. The molecule has 1 aromatic rings. The highest BCUT2D eigenvalue weighted by Gasteiger charge is 2.29. The molecule has 0 aromatic carbocycles. The highest BCUT2D eigenvalue weighted by atomic mass is 16.1. The van der Waals surface area contributed by atoms with E-state index in [0.29, 0.717) is 24.2 Å². The second-order valence-corrected chi connectivity index (χ2v) is 5.80. The lowest BCUT2D eigenvalue weighted by atomic mass is 10.2. The molecule has 1 aliphatic carbocycles. The molecule has 5 heteroatoms. The molecule has 5 nitrogen and oxygen atoms in total. The summed E-state index contributed by atoms with van der Waals surface area (Å²) in [6.07, 6.45) is 6.95. The third-order valence-corrected chi connectivity index (χ3v) is 4.01. The van der Waals surface area contributed by atoms with E-state index in [1.165, 1.54) is 12.8 Å². The first-order chi connectivity index (χ1) is 10.1. The van der Waals surface area contributed by atoms with Gasteiger partial charge in [-0.15, -0.1) is 0 Å². The molecule has 21 heavy (non-hydrogen) atoms. The van der Waals surface area contributed by atoms with Crippen molar-refractivity contribution in [2.24, 2.45) is 0 Å². The maximum Gasteiger partial charge on any atom is 0.253 e. The zero-order valence-electron chi connectivity index (χ0n) is 13.2. The van der Waals surface area contributed by atoms with Gasteiger partial charge in [0.2, 0.25) is 0 Å². The Morgan fingerprint density at radius 1 is 1.52 bits per heavy atom. The first kappa shape index (κ1) is 15.8. The molecule has 0 spiro atoms. The van der Waals surface area contributed by atoms with Gasteiger partial charge in [-0.1, -0.05) is 6.92 Å². The molecule has 2 N–H and O–H groups in total. The van der Waals surface area contributed by atoms with Crippen molar-refractivity contribution < 1.29 is 4.79 Å². The fourth-order valence-electron chi connectivity index (χ4n) is 2.31. The van der Waals surface area contributed by atoms with Gasteiger partial charge in [-0.3, -0.25) is 14.7 Å². The van der Waals surface area contributed by atoms with Crippen molar-refractivity contribution in [2.75, 3.05) is 25.5 Å². The van der Waals surface area contributed by atoms with Gasteiger partial charge in [-0.25, -0.2) is 0 Å².